The van der Waals surface area contributed by atoms with Gasteiger partial charge in [-0.2, -0.15) is 0 Å². The van der Waals surface area contributed by atoms with E-state index in [2.05, 4.69) is 0 Å². The summed E-state index contributed by atoms with van der Waals surface area (Å²) < 4.78 is 0. The summed E-state index contributed by atoms with van der Waals surface area (Å²) in [6.45, 7) is 0.495. The highest BCUT2D eigenvalue weighted by Gasteiger charge is 2.25. The number of carbonyl (C=O) groups excluding carboxylic acids is 1. The summed E-state index contributed by atoms with van der Waals surface area (Å²) in [7, 11) is 0. The number of likely N-dealkylation sites (tertiary alicyclic amines) is 1. The summed E-state index contributed by atoms with van der Waals surface area (Å²) in [4.78, 5) is 24.6. The molecule has 5 nitrogen and oxygen atoms in total. The van der Waals surface area contributed by atoms with Crippen molar-refractivity contribution in [3.8, 4) is 0 Å². The molecule has 1 aliphatic heterocycles. The van der Waals surface area contributed by atoms with E-state index in [-0.39, 0.29) is 17.7 Å². The lowest BCUT2D eigenvalue weighted by Crippen LogP contribution is -2.42. The first kappa shape index (κ1) is 22.5. The Balaban J connectivity index is 1.86. The molecule has 7 heteroatoms. The fourth-order valence-corrected chi connectivity index (χ4v) is 3.73. The van der Waals surface area contributed by atoms with Crippen LogP contribution >= 0.6 is 23.4 Å². The molecule has 28 heavy (non-hydrogen) atoms. The van der Waals surface area contributed by atoms with Crippen LogP contribution < -0.4 is 0 Å². The molecule has 1 aliphatic rings. The number of carbonyl (C=O) groups is 2. The number of thioether (sulfide) groups is 1. The molecule has 0 aromatic heterocycles. The van der Waals surface area contributed by atoms with Crippen molar-refractivity contribution in [1.29, 1.82) is 0 Å². The summed E-state index contributed by atoms with van der Waals surface area (Å²) in [6.07, 6.45) is 9.61. The Kier molecular flexibility index (Phi) is 9.61. The first-order chi connectivity index (χ1) is 13.5. The zero-order valence-electron chi connectivity index (χ0n) is 15.7. The minimum atomic E-state index is -0.827. The average Bonchev–Trinajstić information content (AvgIpc) is 2.66. The summed E-state index contributed by atoms with van der Waals surface area (Å²) >= 11 is 7.20. The van der Waals surface area contributed by atoms with E-state index in [9.17, 15) is 14.7 Å². The molecule has 0 aliphatic carbocycles. The second kappa shape index (κ2) is 11.9. The Morgan fingerprint density at radius 1 is 1.32 bits per heavy atom. The zero-order valence-corrected chi connectivity index (χ0v) is 17.2. The fourth-order valence-electron chi connectivity index (χ4n) is 3.04. The lowest BCUT2D eigenvalue weighted by atomic mass is 9.99. The van der Waals surface area contributed by atoms with Gasteiger partial charge in [-0.1, -0.05) is 48.0 Å². The van der Waals surface area contributed by atoms with Crippen LogP contribution in [0.1, 0.15) is 24.8 Å². The number of aliphatic hydroxyl groups excluding tert-OH is 1. The van der Waals surface area contributed by atoms with Gasteiger partial charge in [0, 0.05) is 30.2 Å². The Bertz CT molecular complexity index is 705. The second-order valence-electron chi connectivity index (χ2n) is 6.67. The Hall–Kier alpha value is -1.76. The van der Waals surface area contributed by atoms with Crippen LogP contribution in [0.2, 0.25) is 5.02 Å². The molecule has 0 saturated carbocycles. The number of rotatable bonds is 10. The molecule has 1 saturated heterocycles. The third-order valence-electron chi connectivity index (χ3n) is 4.43. The number of carboxylic acids is 1. The zero-order chi connectivity index (χ0) is 20.4. The highest BCUT2D eigenvalue weighted by atomic mass is 35.5. The topological polar surface area (TPSA) is 77.8 Å². The van der Waals surface area contributed by atoms with E-state index in [1.165, 1.54) is 11.8 Å². The number of aliphatic hydroxyl groups is 1. The molecule has 1 fully saturated rings. The smallest absolute Gasteiger partial charge is 0.313 e. The van der Waals surface area contributed by atoms with Gasteiger partial charge in [0.1, 0.15) is 0 Å². The van der Waals surface area contributed by atoms with Crippen molar-refractivity contribution in [2.45, 2.75) is 37.8 Å². The van der Waals surface area contributed by atoms with Gasteiger partial charge in [-0.3, -0.25) is 9.59 Å². The third kappa shape index (κ3) is 8.09. The maximum Gasteiger partial charge on any atom is 0.313 e. The Morgan fingerprint density at radius 3 is 2.79 bits per heavy atom. The van der Waals surface area contributed by atoms with Crippen LogP contribution in [0.5, 0.6) is 0 Å². The highest BCUT2D eigenvalue weighted by molar-refractivity contribution is 8.00. The first-order valence-corrected chi connectivity index (χ1v) is 10.8. The molecule has 152 valence electrons. The molecular weight excluding hydrogens is 398 g/mol. The molecule has 2 N–H and O–H groups in total. The van der Waals surface area contributed by atoms with Crippen molar-refractivity contribution in [3.05, 3.63) is 59.2 Å². The standard InChI is InChI=1S/C21H26ClNO4S/c22-17-8-6-16(7-9-17)14-19(24)11-10-18-4-3-5-20(25)23(18)12-1-2-13-28-15-21(26)27/h1-2,6-11,18-19,24H,3-5,12-15H2,(H,26,27)/t18-,19?/m1/s1. The van der Waals surface area contributed by atoms with Gasteiger partial charge in [-0.05, 0) is 30.5 Å². The predicted octanol–water partition coefficient (Wildman–Crippen LogP) is 3.55. The van der Waals surface area contributed by atoms with Crippen molar-refractivity contribution in [3.63, 3.8) is 0 Å². The van der Waals surface area contributed by atoms with E-state index >= 15 is 0 Å². The number of hydrogen-bond donors (Lipinski definition) is 2. The van der Waals surface area contributed by atoms with Gasteiger partial charge in [0.2, 0.25) is 5.91 Å². The van der Waals surface area contributed by atoms with Gasteiger partial charge >= 0.3 is 5.97 Å². The lowest BCUT2D eigenvalue weighted by Gasteiger charge is -2.33. The van der Waals surface area contributed by atoms with Gasteiger partial charge in [0.05, 0.1) is 17.9 Å². The van der Waals surface area contributed by atoms with Crippen LogP contribution in [0.4, 0.5) is 0 Å². The van der Waals surface area contributed by atoms with Gasteiger partial charge in [0.15, 0.2) is 0 Å². The van der Waals surface area contributed by atoms with E-state index in [1.807, 2.05) is 35.3 Å². The van der Waals surface area contributed by atoms with Crippen molar-refractivity contribution in [2.24, 2.45) is 0 Å². The van der Waals surface area contributed by atoms with Gasteiger partial charge in [-0.15, -0.1) is 11.8 Å². The summed E-state index contributed by atoms with van der Waals surface area (Å²) in [5, 5.41) is 19.6. The number of hydrogen-bond acceptors (Lipinski definition) is 4. The SMILES string of the molecule is O=C(O)CSCC=CCN1C(=O)CCC[C@@H]1C=CC(O)Cc1ccc(Cl)cc1. The number of aliphatic carboxylic acids is 1. The molecule has 1 aromatic carbocycles. The lowest BCUT2D eigenvalue weighted by molar-refractivity contribution is -0.135. The van der Waals surface area contributed by atoms with E-state index < -0.39 is 12.1 Å². The summed E-state index contributed by atoms with van der Waals surface area (Å²) in [6, 6.07) is 7.36. The summed E-state index contributed by atoms with van der Waals surface area (Å²) in [5.41, 5.74) is 1.000. The highest BCUT2D eigenvalue weighted by Crippen LogP contribution is 2.20. The molecule has 1 heterocycles. The van der Waals surface area contributed by atoms with Gasteiger partial charge < -0.3 is 15.1 Å². The van der Waals surface area contributed by atoms with E-state index in [0.29, 0.717) is 30.2 Å². The average molecular weight is 424 g/mol. The van der Waals surface area contributed by atoms with Crippen molar-refractivity contribution in [2.75, 3.05) is 18.1 Å². The quantitative estimate of drug-likeness (QED) is 0.444. The van der Waals surface area contributed by atoms with Gasteiger partial charge in [0.25, 0.3) is 0 Å². The number of amides is 1. The number of benzene rings is 1. The van der Waals surface area contributed by atoms with E-state index in [0.717, 1.165) is 18.4 Å². The fraction of sp³-hybridized carbons (Fsp3) is 0.429. The Morgan fingerprint density at radius 2 is 2.07 bits per heavy atom. The van der Waals surface area contributed by atoms with Crippen molar-refractivity contribution >= 4 is 35.2 Å². The van der Waals surface area contributed by atoms with Crippen LogP contribution in [0.15, 0.2) is 48.6 Å². The van der Waals surface area contributed by atoms with Crippen LogP contribution in [0.25, 0.3) is 0 Å². The molecule has 2 rings (SSSR count). The molecule has 0 bridgehead atoms. The van der Waals surface area contributed by atoms with Crippen molar-refractivity contribution in [1.82, 2.24) is 4.90 Å². The largest absolute Gasteiger partial charge is 0.481 e. The van der Waals surface area contributed by atoms with Crippen LogP contribution in [0.3, 0.4) is 0 Å². The predicted molar refractivity (Wildman–Crippen MR) is 114 cm³/mol. The van der Waals surface area contributed by atoms with Crippen LogP contribution in [-0.4, -0.2) is 57.2 Å². The summed E-state index contributed by atoms with van der Waals surface area (Å²) in [5.74, 6) is -0.0405. The third-order valence-corrected chi connectivity index (χ3v) is 5.56. The first-order valence-electron chi connectivity index (χ1n) is 9.30. The number of halogens is 1. The van der Waals surface area contributed by atoms with Crippen molar-refractivity contribution < 1.29 is 19.8 Å². The normalized spacial score (nSPS) is 18.9. The maximum atomic E-state index is 12.3. The van der Waals surface area contributed by atoms with Crippen LogP contribution in [0, 0.1) is 0 Å². The number of piperidine rings is 1. The number of nitrogens with zero attached hydrogens (tertiary/aromatic N) is 1. The molecule has 0 spiro atoms. The molecule has 1 aromatic rings. The molecule has 2 atom stereocenters. The second-order valence-corrected chi connectivity index (χ2v) is 8.14. The minimum absolute atomic E-state index is 0.0301. The van der Waals surface area contributed by atoms with Crippen LogP contribution in [-0.2, 0) is 16.0 Å². The monoisotopic (exact) mass is 423 g/mol. The van der Waals surface area contributed by atoms with E-state index in [1.54, 1.807) is 18.2 Å². The maximum absolute atomic E-state index is 12.3. The minimum Gasteiger partial charge on any atom is -0.481 e. The Labute approximate surface area is 175 Å². The number of carboxylic acid groups (broad SMARTS) is 1. The molecule has 1 amide bonds. The molecule has 0 radical (unpaired) electrons. The molecular formula is C21H26ClNO4S. The van der Waals surface area contributed by atoms with E-state index in [4.69, 9.17) is 16.7 Å². The molecule has 1 unspecified atom stereocenters. The van der Waals surface area contributed by atoms with Gasteiger partial charge in [-0.25, -0.2) is 0 Å².